The number of benzene rings is 2. The highest BCUT2D eigenvalue weighted by Crippen LogP contribution is 2.29. The average Bonchev–Trinajstić information content (AvgIpc) is 2.31. The van der Waals surface area contributed by atoms with E-state index in [0.29, 0.717) is 0 Å². The lowest BCUT2D eigenvalue weighted by Crippen LogP contribution is -1.83. The Labute approximate surface area is 98.0 Å². The third-order valence-corrected chi connectivity index (χ3v) is 1.93. The molecule has 0 fully saturated rings. The molecule has 0 saturated carbocycles. The number of nitrogen functional groups attached to an aromatic ring is 1. The molecule has 0 radical (unpaired) electrons. The van der Waals surface area contributed by atoms with Crippen molar-refractivity contribution in [2.75, 3.05) is 5.73 Å². The molecule has 0 aliphatic carbocycles. The number of phenolic OH excluding ortho intramolecular Hbond substituents is 4. The number of nitrogens with two attached hydrogens (primary N) is 1. The van der Waals surface area contributed by atoms with E-state index < -0.39 is 0 Å². The van der Waals surface area contributed by atoms with Crippen LogP contribution in [0.15, 0.2) is 42.5 Å². The molecule has 5 nitrogen and oxygen atoms in total. The van der Waals surface area contributed by atoms with Gasteiger partial charge in [0.05, 0.1) is 5.69 Å². The number of anilines is 1. The molecule has 0 aliphatic heterocycles. The zero-order valence-electron chi connectivity index (χ0n) is 8.91. The average molecular weight is 235 g/mol. The molecule has 17 heavy (non-hydrogen) atoms. The maximum absolute atomic E-state index is 8.83. The fraction of sp³-hybridized carbons (Fsp3) is 0. The summed E-state index contributed by atoms with van der Waals surface area (Å²) in [6, 6.07) is 10.6. The second-order valence-electron chi connectivity index (χ2n) is 3.20. The van der Waals surface area contributed by atoms with Crippen LogP contribution in [0.4, 0.5) is 5.69 Å². The van der Waals surface area contributed by atoms with Gasteiger partial charge >= 0.3 is 0 Å². The summed E-state index contributed by atoms with van der Waals surface area (Å²) in [6.45, 7) is 0. The summed E-state index contributed by atoms with van der Waals surface area (Å²) in [5, 5.41) is 34.9. The fourth-order valence-corrected chi connectivity index (χ4v) is 1.01. The maximum Gasteiger partial charge on any atom is 0.180 e. The molecule has 0 aliphatic rings. The smallest absolute Gasteiger partial charge is 0.180 e. The van der Waals surface area contributed by atoms with Gasteiger partial charge in [0.15, 0.2) is 23.0 Å². The highest BCUT2D eigenvalue weighted by molar-refractivity contribution is 5.58. The van der Waals surface area contributed by atoms with E-state index in [1.165, 1.54) is 24.3 Å². The molecule has 2 aromatic carbocycles. The van der Waals surface area contributed by atoms with Gasteiger partial charge in [0.2, 0.25) is 0 Å². The zero-order valence-corrected chi connectivity index (χ0v) is 8.91. The first-order valence-electron chi connectivity index (χ1n) is 4.75. The summed E-state index contributed by atoms with van der Waals surface area (Å²) in [4.78, 5) is 0. The van der Waals surface area contributed by atoms with E-state index in [1.807, 2.05) is 0 Å². The molecular formula is C12H13NO4. The maximum atomic E-state index is 8.83. The van der Waals surface area contributed by atoms with Gasteiger partial charge < -0.3 is 26.2 Å². The number of phenols is 4. The van der Waals surface area contributed by atoms with Crippen LogP contribution in [0.1, 0.15) is 0 Å². The molecule has 0 amide bonds. The Morgan fingerprint density at radius 1 is 0.647 bits per heavy atom. The first-order valence-corrected chi connectivity index (χ1v) is 4.75. The first kappa shape index (κ1) is 12.5. The molecule has 0 bridgehead atoms. The molecule has 0 saturated heterocycles. The molecule has 90 valence electrons. The number of hydrogen-bond donors (Lipinski definition) is 5. The van der Waals surface area contributed by atoms with Crippen LogP contribution in [0, 0.1) is 0 Å². The fourth-order valence-electron chi connectivity index (χ4n) is 1.01. The van der Waals surface area contributed by atoms with Gasteiger partial charge in [0, 0.05) is 0 Å². The van der Waals surface area contributed by atoms with Gasteiger partial charge in [-0.05, 0) is 24.3 Å². The lowest BCUT2D eigenvalue weighted by atomic mass is 10.3. The molecule has 0 atom stereocenters. The van der Waals surface area contributed by atoms with Crippen molar-refractivity contribution in [2.24, 2.45) is 0 Å². The zero-order chi connectivity index (χ0) is 12.8. The third kappa shape index (κ3) is 3.49. The molecule has 0 unspecified atom stereocenters. The van der Waals surface area contributed by atoms with Crippen molar-refractivity contribution in [3.8, 4) is 23.0 Å². The van der Waals surface area contributed by atoms with Crippen LogP contribution in [0.5, 0.6) is 23.0 Å². The van der Waals surface area contributed by atoms with Gasteiger partial charge in [-0.2, -0.15) is 0 Å². The molecule has 2 aromatic rings. The second-order valence-corrected chi connectivity index (χ2v) is 3.20. The van der Waals surface area contributed by atoms with Gasteiger partial charge in [0.25, 0.3) is 0 Å². The van der Waals surface area contributed by atoms with Gasteiger partial charge in [-0.25, -0.2) is 0 Å². The van der Waals surface area contributed by atoms with Gasteiger partial charge in [0.1, 0.15) is 0 Å². The Kier molecular flexibility index (Phi) is 4.05. The van der Waals surface area contributed by atoms with E-state index in [9.17, 15) is 0 Å². The lowest BCUT2D eigenvalue weighted by molar-refractivity contribution is 0.404. The van der Waals surface area contributed by atoms with Crippen LogP contribution < -0.4 is 5.73 Å². The largest absolute Gasteiger partial charge is 0.504 e. The monoisotopic (exact) mass is 235 g/mol. The SMILES string of the molecule is Nc1cccc(O)c1O.Oc1ccccc1O. The van der Waals surface area contributed by atoms with Gasteiger partial charge in [-0.3, -0.25) is 0 Å². The summed E-state index contributed by atoms with van der Waals surface area (Å²) < 4.78 is 0. The Morgan fingerprint density at radius 3 is 1.47 bits per heavy atom. The Bertz CT molecular complexity index is 458. The van der Waals surface area contributed by atoms with Crippen molar-refractivity contribution in [3.63, 3.8) is 0 Å². The van der Waals surface area contributed by atoms with Crippen molar-refractivity contribution < 1.29 is 20.4 Å². The van der Waals surface area contributed by atoms with Crippen LogP contribution in [-0.4, -0.2) is 20.4 Å². The minimum Gasteiger partial charge on any atom is -0.504 e. The van der Waals surface area contributed by atoms with Crippen LogP contribution >= 0.6 is 0 Å². The quantitative estimate of drug-likeness (QED) is 0.353. The number of aromatic hydroxyl groups is 4. The summed E-state index contributed by atoms with van der Waals surface area (Å²) in [6.07, 6.45) is 0. The highest BCUT2D eigenvalue weighted by atomic mass is 16.3. The third-order valence-electron chi connectivity index (χ3n) is 1.93. The van der Waals surface area contributed by atoms with Crippen molar-refractivity contribution in [1.29, 1.82) is 0 Å². The van der Waals surface area contributed by atoms with Crippen molar-refractivity contribution in [1.82, 2.24) is 0 Å². The lowest BCUT2D eigenvalue weighted by Gasteiger charge is -1.97. The van der Waals surface area contributed by atoms with Crippen LogP contribution in [-0.2, 0) is 0 Å². The standard InChI is InChI=1S/C6H7NO2.C6H6O2/c7-4-2-1-3-5(8)6(4)9;7-5-3-1-2-4-6(5)8/h1-3,8-9H,7H2;1-4,7-8H. The van der Waals surface area contributed by atoms with Crippen molar-refractivity contribution in [2.45, 2.75) is 0 Å². The van der Waals surface area contributed by atoms with E-state index >= 15 is 0 Å². The van der Waals surface area contributed by atoms with E-state index in [4.69, 9.17) is 26.2 Å². The predicted molar refractivity (Wildman–Crippen MR) is 64.0 cm³/mol. The summed E-state index contributed by atoms with van der Waals surface area (Å²) in [7, 11) is 0. The number of hydrogen-bond acceptors (Lipinski definition) is 5. The first-order chi connectivity index (χ1) is 8.02. The van der Waals surface area contributed by atoms with E-state index in [1.54, 1.807) is 18.2 Å². The Hall–Kier alpha value is -2.56. The summed E-state index contributed by atoms with van der Waals surface area (Å²) in [5.74, 6) is -0.590. The van der Waals surface area contributed by atoms with E-state index in [2.05, 4.69) is 0 Å². The number of rotatable bonds is 0. The molecule has 0 aromatic heterocycles. The van der Waals surface area contributed by atoms with Crippen molar-refractivity contribution in [3.05, 3.63) is 42.5 Å². The molecule has 6 N–H and O–H groups in total. The predicted octanol–water partition coefficient (Wildman–Crippen LogP) is 1.78. The van der Waals surface area contributed by atoms with Crippen LogP contribution in [0.25, 0.3) is 0 Å². The van der Waals surface area contributed by atoms with Gasteiger partial charge in [-0.1, -0.05) is 18.2 Å². The Morgan fingerprint density at radius 2 is 1.12 bits per heavy atom. The number of para-hydroxylation sites is 3. The molecule has 5 heteroatoms. The molecule has 2 rings (SSSR count). The van der Waals surface area contributed by atoms with E-state index in [-0.39, 0.29) is 28.7 Å². The summed E-state index contributed by atoms with van der Waals surface area (Å²) >= 11 is 0. The van der Waals surface area contributed by atoms with E-state index in [0.717, 1.165) is 0 Å². The van der Waals surface area contributed by atoms with Gasteiger partial charge in [-0.15, -0.1) is 0 Å². The normalized spacial score (nSPS) is 9.18. The Balaban J connectivity index is 0.000000171. The second kappa shape index (κ2) is 5.50. The van der Waals surface area contributed by atoms with Crippen LogP contribution in [0.3, 0.4) is 0 Å². The highest BCUT2D eigenvalue weighted by Gasteiger charge is 1.98. The van der Waals surface area contributed by atoms with Crippen LogP contribution in [0.2, 0.25) is 0 Å². The van der Waals surface area contributed by atoms with Crippen molar-refractivity contribution >= 4 is 5.69 Å². The topological polar surface area (TPSA) is 107 Å². The minimum absolute atomic E-state index is 0.0764. The molecule has 0 heterocycles. The summed E-state index contributed by atoms with van der Waals surface area (Å²) in [5.41, 5.74) is 5.40. The molecule has 0 spiro atoms. The minimum atomic E-state index is -0.252. The molecular weight excluding hydrogens is 222 g/mol.